The van der Waals surface area contributed by atoms with Gasteiger partial charge in [-0.3, -0.25) is 14.0 Å². The lowest BCUT2D eigenvalue weighted by molar-refractivity contribution is 0.102. The van der Waals surface area contributed by atoms with E-state index in [4.69, 9.17) is 0 Å². The van der Waals surface area contributed by atoms with Gasteiger partial charge in [-0.2, -0.15) is 0 Å². The molecule has 1 N–H and O–H groups in total. The number of benzene rings is 1. The van der Waals surface area contributed by atoms with Crippen LogP contribution in [-0.2, 0) is 6.54 Å². The number of hydrogen-bond acceptors (Lipinski definition) is 5. The normalized spacial score (nSPS) is 11.2. The van der Waals surface area contributed by atoms with E-state index in [2.05, 4.69) is 15.2 Å². The summed E-state index contributed by atoms with van der Waals surface area (Å²) in [6.07, 6.45) is 3.05. The Kier molecular flexibility index (Phi) is 4.69. The lowest BCUT2D eigenvalue weighted by atomic mass is 10.1. The fraction of sp³-hybridized carbons (Fsp3) is 0.278. The molecule has 0 aliphatic heterocycles. The van der Waals surface area contributed by atoms with E-state index in [0.29, 0.717) is 10.6 Å². The van der Waals surface area contributed by atoms with Crippen molar-refractivity contribution in [2.24, 2.45) is 0 Å². The first kappa shape index (κ1) is 17.3. The molecule has 0 saturated heterocycles. The molecular weight excluding hydrogens is 336 g/mol. The van der Waals surface area contributed by atoms with Crippen LogP contribution in [-0.4, -0.2) is 34.3 Å². The van der Waals surface area contributed by atoms with E-state index in [-0.39, 0.29) is 11.1 Å². The number of hydrogen-bond donors (Lipinski definition) is 1. The zero-order chi connectivity index (χ0) is 18.1. The molecule has 2 aromatic heterocycles. The average Bonchev–Trinajstić information content (AvgIpc) is 2.92. The Morgan fingerprint density at radius 1 is 1.32 bits per heavy atom. The number of carbonyl (C=O) groups excluding carboxylic acids is 1. The molecule has 0 unspecified atom stereocenters. The summed E-state index contributed by atoms with van der Waals surface area (Å²) in [7, 11) is 3.98. The minimum Gasteiger partial charge on any atom is -0.322 e. The van der Waals surface area contributed by atoms with E-state index in [1.54, 1.807) is 6.20 Å². The van der Waals surface area contributed by atoms with E-state index in [0.717, 1.165) is 22.5 Å². The van der Waals surface area contributed by atoms with E-state index in [1.807, 2.05) is 46.1 Å². The van der Waals surface area contributed by atoms with Crippen LogP contribution in [0.2, 0.25) is 0 Å². The van der Waals surface area contributed by atoms with Crippen LogP contribution in [0.25, 0.3) is 4.96 Å². The van der Waals surface area contributed by atoms with Gasteiger partial charge in [-0.15, -0.1) is 11.3 Å². The Labute approximate surface area is 149 Å². The molecule has 6 nitrogen and oxygen atoms in total. The molecule has 130 valence electrons. The second-order valence-corrected chi connectivity index (χ2v) is 7.53. The zero-order valence-electron chi connectivity index (χ0n) is 14.7. The summed E-state index contributed by atoms with van der Waals surface area (Å²) in [5.74, 6) is -0.444. The van der Waals surface area contributed by atoms with Crippen LogP contribution in [0.15, 0.2) is 35.4 Å². The highest BCUT2D eigenvalue weighted by Gasteiger charge is 2.15. The number of nitrogens with one attached hydrogen (secondary N) is 1. The highest BCUT2D eigenvalue weighted by atomic mass is 32.1. The lowest BCUT2D eigenvalue weighted by Gasteiger charge is -2.13. The molecule has 1 amide bonds. The number of fused-ring (bicyclic) bond motifs is 1. The highest BCUT2D eigenvalue weighted by Crippen LogP contribution is 2.19. The molecule has 0 aliphatic rings. The second kappa shape index (κ2) is 6.78. The van der Waals surface area contributed by atoms with Crippen LogP contribution in [0.4, 0.5) is 5.69 Å². The fourth-order valence-electron chi connectivity index (χ4n) is 2.61. The van der Waals surface area contributed by atoms with Gasteiger partial charge in [0.1, 0.15) is 5.56 Å². The monoisotopic (exact) mass is 356 g/mol. The molecule has 2 heterocycles. The van der Waals surface area contributed by atoms with Crippen molar-refractivity contribution in [1.82, 2.24) is 14.3 Å². The highest BCUT2D eigenvalue weighted by molar-refractivity contribution is 7.16. The van der Waals surface area contributed by atoms with Crippen molar-refractivity contribution in [2.45, 2.75) is 20.4 Å². The molecule has 1 aromatic carbocycles. The standard InChI is InChI=1S/C18H20N4O2S/c1-11-5-6-13(10-21(3)4)7-15(11)20-16(23)14-8-19-18-22(17(14)24)9-12(2)25-18/h5-9H,10H2,1-4H3,(H,20,23). The number of anilines is 1. The third kappa shape index (κ3) is 3.62. The summed E-state index contributed by atoms with van der Waals surface area (Å²) < 4.78 is 1.42. The van der Waals surface area contributed by atoms with Crippen LogP contribution in [0.1, 0.15) is 26.4 Å². The van der Waals surface area contributed by atoms with Crippen molar-refractivity contribution in [3.63, 3.8) is 0 Å². The SMILES string of the molecule is Cc1cn2c(=O)c(C(=O)Nc3cc(CN(C)C)ccc3C)cnc2s1. The lowest BCUT2D eigenvalue weighted by Crippen LogP contribution is -2.26. The quantitative estimate of drug-likeness (QED) is 0.780. The van der Waals surface area contributed by atoms with E-state index in [9.17, 15) is 9.59 Å². The Morgan fingerprint density at radius 3 is 2.80 bits per heavy atom. The third-order valence-electron chi connectivity index (χ3n) is 3.82. The first-order valence-electron chi connectivity index (χ1n) is 7.88. The van der Waals surface area contributed by atoms with Gasteiger partial charge in [-0.05, 0) is 45.1 Å². The van der Waals surface area contributed by atoms with Crippen LogP contribution in [0.3, 0.4) is 0 Å². The molecule has 0 atom stereocenters. The van der Waals surface area contributed by atoms with Crippen molar-refractivity contribution in [3.05, 3.63) is 62.5 Å². The summed E-state index contributed by atoms with van der Waals surface area (Å²) in [6, 6.07) is 5.93. The van der Waals surface area contributed by atoms with E-state index in [1.165, 1.54) is 21.9 Å². The Bertz CT molecular complexity index is 1000. The fourth-order valence-corrected chi connectivity index (χ4v) is 3.39. The van der Waals surface area contributed by atoms with Crippen molar-refractivity contribution in [3.8, 4) is 0 Å². The third-order valence-corrected chi connectivity index (χ3v) is 4.73. The van der Waals surface area contributed by atoms with Gasteiger partial charge in [0.25, 0.3) is 11.5 Å². The van der Waals surface area contributed by atoms with Gasteiger partial charge in [0.05, 0.1) is 0 Å². The number of rotatable bonds is 4. The molecule has 3 aromatic rings. The van der Waals surface area contributed by atoms with Gasteiger partial charge >= 0.3 is 0 Å². The molecule has 25 heavy (non-hydrogen) atoms. The Hall–Kier alpha value is -2.51. The topological polar surface area (TPSA) is 66.7 Å². The summed E-state index contributed by atoms with van der Waals surface area (Å²) in [6.45, 7) is 4.59. The molecule has 0 saturated carbocycles. The number of carbonyl (C=O) groups is 1. The molecule has 0 spiro atoms. The maximum absolute atomic E-state index is 12.6. The van der Waals surface area contributed by atoms with Gasteiger partial charge in [-0.1, -0.05) is 12.1 Å². The van der Waals surface area contributed by atoms with Crippen LogP contribution >= 0.6 is 11.3 Å². The predicted molar refractivity (Wildman–Crippen MR) is 101 cm³/mol. The predicted octanol–water partition coefficient (Wildman–Crippen LogP) is 2.69. The molecule has 0 radical (unpaired) electrons. The number of aromatic nitrogens is 2. The van der Waals surface area contributed by atoms with Gasteiger partial charge in [0, 0.05) is 29.5 Å². The maximum Gasteiger partial charge on any atom is 0.271 e. The molecule has 0 fully saturated rings. The van der Waals surface area contributed by atoms with Gasteiger partial charge < -0.3 is 10.2 Å². The Balaban J connectivity index is 1.92. The van der Waals surface area contributed by atoms with Gasteiger partial charge in [-0.25, -0.2) is 4.98 Å². The number of nitrogens with zero attached hydrogens (tertiary/aromatic N) is 3. The van der Waals surface area contributed by atoms with E-state index >= 15 is 0 Å². The van der Waals surface area contributed by atoms with Gasteiger partial charge in [0.15, 0.2) is 4.96 Å². The molecule has 7 heteroatoms. The van der Waals surface area contributed by atoms with E-state index < -0.39 is 5.91 Å². The molecule has 3 rings (SSSR count). The largest absolute Gasteiger partial charge is 0.322 e. The molecular formula is C18H20N4O2S. The zero-order valence-corrected chi connectivity index (χ0v) is 15.5. The van der Waals surface area contributed by atoms with Crippen molar-refractivity contribution in [1.29, 1.82) is 0 Å². The first-order valence-corrected chi connectivity index (χ1v) is 8.70. The summed E-state index contributed by atoms with van der Waals surface area (Å²) >= 11 is 1.42. The van der Waals surface area contributed by atoms with Crippen molar-refractivity contribution >= 4 is 27.9 Å². The Morgan fingerprint density at radius 2 is 2.08 bits per heavy atom. The van der Waals surface area contributed by atoms with Crippen molar-refractivity contribution in [2.75, 3.05) is 19.4 Å². The summed E-state index contributed by atoms with van der Waals surface area (Å²) in [5.41, 5.74) is 2.41. The van der Waals surface area contributed by atoms with Crippen molar-refractivity contribution < 1.29 is 4.79 Å². The average molecular weight is 356 g/mol. The second-order valence-electron chi connectivity index (χ2n) is 6.31. The van der Waals surface area contributed by atoms with Gasteiger partial charge in [0.2, 0.25) is 0 Å². The number of aryl methyl sites for hydroxylation is 2. The number of amides is 1. The molecule has 0 aliphatic carbocycles. The molecule has 0 bridgehead atoms. The van der Waals surface area contributed by atoms with Crippen LogP contribution in [0, 0.1) is 13.8 Å². The smallest absolute Gasteiger partial charge is 0.271 e. The first-order chi connectivity index (χ1) is 11.8. The van der Waals surface area contributed by atoms with Crippen LogP contribution < -0.4 is 10.9 Å². The summed E-state index contributed by atoms with van der Waals surface area (Å²) in [5, 5.41) is 2.85. The minimum atomic E-state index is -0.444. The summed E-state index contributed by atoms with van der Waals surface area (Å²) in [4.78, 5) is 33.0. The maximum atomic E-state index is 12.6. The minimum absolute atomic E-state index is 0.0349. The number of thiazole rings is 1. The van der Waals surface area contributed by atoms with Crippen LogP contribution in [0.5, 0.6) is 0 Å².